The first kappa shape index (κ1) is 16.3. The van der Waals surface area contributed by atoms with Crippen molar-refractivity contribution in [3.63, 3.8) is 0 Å². The third kappa shape index (κ3) is 5.35. The van der Waals surface area contributed by atoms with Crippen LogP contribution in [-0.2, 0) is 17.9 Å². The Labute approximate surface area is 133 Å². The van der Waals surface area contributed by atoms with Gasteiger partial charge in [-0.3, -0.25) is 9.78 Å². The van der Waals surface area contributed by atoms with E-state index in [1.807, 2.05) is 24.3 Å². The number of nitrogens with zero attached hydrogens (tertiary/aromatic N) is 1. The van der Waals surface area contributed by atoms with Crippen LogP contribution in [0.2, 0.25) is 5.02 Å². The smallest absolute Gasteiger partial charge is 0.304 e. The van der Waals surface area contributed by atoms with Crippen LogP contribution in [0.25, 0.3) is 0 Å². The topological polar surface area (TPSA) is 71.5 Å². The molecule has 5 nitrogen and oxygen atoms in total. The van der Waals surface area contributed by atoms with Crippen LogP contribution in [0.4, 0.5) is 0 Å². The zero-order valence-electron chi connectivity index (χ0n) is 12.0. The predicted octanol–water partition coefficient (Wildman–Crippen LogP) is 2.88. The maximum absolute atomic E-state index is 10.5. The zero-order valence-corrected chi connectivity index (χ0v) is 12.7. The number of pyridine rings is 1. The highest BCUT2D eigenvalue weighted by atomic mass is 35.5. The molecule has 0 aliphatic carbocycles. The van der Waals surface area contributed by atoms with E-state index in [1.165, 1.54) is 0 Å². The molecule has 0 saturated heterocycles. The zero-order chi connectivity index (χ0) is 15.8. The average molecular weight is 321 g/mol. The van der Waals surface area contributed by atoms with Crippen molar-refractivity contribution in [3.8, 4) is 5.75 Å². The van der Waals surface area contributed by atoms with E-state index in [2.05, 4.69) is 10.3 Å². The van der Waals surface area contributed by atoms with Gasteiger partial charge in [-0.15, -0.1) is 0 Å². The Bertz CT molecular complexity index is 620. The van der Waals surface area contributed by atoms with Crippen molar-refractivity contribution in [1.82, 2.24) is 10.3 Å². The lowest BCUT2D eigenvalue weighted by Crippen LogP contribution is -2.18. The van der Waals surface area contributed by atoms with Gasteiger partial charge in [0, 0.05) is 41.6 Å². The third-order valence-electron chi connectivity index (χ3n) is 2.97. The molecule has 1 heterocycles. The quantitative estimate of drug-likeness (QED) is 0.732. The number of hydrogen-bond acceptors (Lipinski definition) is 4. The summed E-state index contributed by atoms with van der Waals surface area (Å²) in [6.07, 6.45) is 3.54. The highest BCUT2D eigenvalue weighted by Gasteiger charge is 2.06. The number of nitrogens with one attached hydrogen (secondary N) is 1. The van der Waals surface area contributed by atoms with E-state index in [-0.39, 0.29) is 6.42 Å². The Morgan fingerprint density at radius 3 is 2.95 bits per heavy atom. The minimum atomic E-state index is -0.827. The minimum Gasteiger partial charge on any atom is -0.489 e. The monoisotopic (exact) mass is 320 g/mol. The first-order chi connectivity index (χ1) is 10.6. The Hall–Kier alpha value is -2.11. The number of hydrogen-bond donors (Lipinski definition) is 2. The summed E-state index contributed by atoms with van der Waals surface area (Å²) < 4.78 is 5.80. The molecule has 22 heavy (non-hydrogen) atoms. The Morgan fingerprint density at radius 2 is 2.23 bits per heavy atom. The number of aliphatic carboxylic acids is 1. The second kappa shape index (κ2) is 8.36. The maximum Gasteiger partial charge on any atom is 0.304 e. The Balaban J connectivity index is 1.96. The van der Waals surface area contributed by atoms with Crippen LogP contribution in [0.3, 0.4) is 0 Å². The number of carboxylic acid groups (broad SMARTS) is 1. The molecule has 0 spiro atoms. The van der Waals surface area contributed by atoms with Crippen molar-refractivity contribution in [2.45, 2.75) is 19.6 Å². The molecule has 0 radical (unpaired) electrons. The number of carbonyl (C=O) groups is 1. The highest BCUT2D eigenvalue weighted by molar-refractivity contribution is 6.30. The second-order valence-corrected chi connectivity index (χ2v) is 5.16. The SMILES string of the molecule is O=C(O)CCNCc1cc(Cl)ccc1OCc1cccnc1. The van der Waals surface area contributed by atoms with Crippen LogP contribution in [0.15, 0.2) is 42.7 Å². The summed E-state index contributed by atoms with van der Waals surface area (Å²) >= 11 is 6.01. The van der Waals surface area contributed by atoms with E-state index in [4.69, 9.17) is 21.4 Å². The molecule has 2 rings (SSSR count). The molecular weight excluding hydrogens is 304 g/mol. The molecular formula is C16H17ClN2O3. The molecule has 116 valence electrons. The van der Waals surface area contributed by atoms with Crippen LogP contribution in [0.5, 0.6) is 5.75 Å². The molecule has 6 heteroatoms. The fourth-order valence-corrected chi connectivity index (χ4v) is 2.08. The van der Waals surface area contributed by atoms with Gasteiger partial charge in [0.05, 0.1) is 6.42 Å². The van der Waals surface area contributed by atoms with Gasteiger partial charge < -0.3 is 15.2 Å². The van der Waals surface area contributed by atoms with Crippen molar-refractivity contribution in [3.05, 3.63) is 58.9 Å². The van der Waals surface area contributed by atoms with Gasteiger partial charge in [-0.25, -0.2) is 0 Å². The molecule has 0 bridgehead atoms. The molecule has 0 unspecified atom stereocenters. The number of rotatable bonds is 8. The minimum absolute atomic E-state index is 0.0758. The molecule has 1 aromatic heterocycles. The van der Waals surface area contributed by atoms with E-state index in [0.717, 1.165) is 16.9 Å². The molecule has 2 aromatic rings. The van der Waals surface area contributed by atoms with E-state index >= 15 is 0 Å². The molecule has 0 amide bonds. The van der Waals surface area contributed by atoms with Crippen molar-refractivity contribution in [2.24, 2.45) is 0 Å². The van der Waals surface area contributed by atoms with Gasteiger partial charge in [-0.05, 0) is 24.3 Å². The van der Waals surface area contributed by atoms with Gasteiger partial charge >= 0.3 is 5.97 Å². The van der Waals surface area contributed by atoms with Crippen molar-refractivity contribution in [1.29, 1.82) is 0 Å². The number of ether oxygens (including phenoxy) is 1. The van der Waals surface area contributed by atoms with Gasteiger partial charge in [0.15, 0.2) is 0 Å². The Kier molecular flexibility index (Phi) is 6.18. The lowest BCUT2D eigenvalue weighted by atomic mass is 10.2. The normalized spacial score (nSPS) is 10.4. The largest absolute Gasteiger partial charge is 0.489 e. The van der Waals surface area contributed by atoms with Crippen LogP contribution in [-0.4, -0.2) is 22.6 Å². The third-order valence-corrected chi connectivity index (χ3v) is 3.21. The number of carboxylic acids is 1. The molecule has 2 N–H and O–H groups in total. The summed E-state index contributed by atoms with van der Waals surface area (Å²) in [5, 5.41) is 12.3. The average Bonchev–Trinajstić information content (AvgIpc) is 2.51. The summed E-state index contributed by atoms with van der Waals surface area (Å²) in [5.41, 5.74) is 1.86. The van der Waals surface area contributed by atoms with E-state index in [0.29, 0.717) is 24.7 Å². The second-order valence-electron chi connectivity index (χ2n) is 4.72. The van der Waals surface area contributed by atoms with E-state index in [9.17, 15) is 4.79 Å². The molecule has 0 aliphatic heterocycles. The molecule has 0 atom stereocenters. The van der Waals surface area contributed by atoms with Gasteiger partial charge in [0.25, 0.3) is 0 Å². The van der Waals surface area contributed by atoms with Gasteiger partial charge in [-0.2, -0.15) is 0 Å². The highest BCUT2D eigenvalue weighted by Crippen LogP contribution is 2.23. The summed E-state index contributed by atoms with van der Waals surface area (Å²) in [7, 11) is 0. The lowest BCUT2D eigenvalue weighted by Gasteiger charge is -2.12. The number of halogens is 1. The van der Waals surface area contributed by atoms with Crippen LogP contribution in [0, 0.1) is 0 Å². The van der Waals surface area contributed by atoms with Crippen LogP contribution >= 0.6 is 11.6 Å². The number of aromatic nitrogens is 1. The van der Waals surface area contributed by atoms with Crippen molar-refractivity contribution < 1.29 is 14.6 Å². The molecule has 0 saturated carbocycles. The summed E-state index contributed by atoms with van der Waals surface area (Å²) in [6, 6.07) is 9.18. The van der Waals surface area contributed by atoms with E-state index < -0.39 is 5.97 Å². The van der Waals surface area contributed by atoms with Crippen LogP contribution in [0.1, 0.15) is 17.5 Å². The van der Waals surface area contributed by atoms with E-state index in [1.54, 1.807) is 18.5 Å². The van der Waals surface area contributed by atoms with Crippen LogP contribution < -0.4 is 10.1 Å². The lowest BCUT2D eigenvalue weighted by molar-refractivity contribution is -0.136. The molecule has 1 aromatic carbocycles. The first-order valence-electron chi connectivity index (χ1n) is 6.88. The Morgan fingerprint density at radius 1 is 1.36 bits per heavy atom. The number of benzene rings is 1. The summed E-state index contributed by atoms with van der Waals surface area (Å²) in [4.78, 5) is 14.5. The van der Waals surface area contributed by atoms with Crippen molar-refractivity contribution >= 4 is 17.6 Å². The van der Waals surface area contributed by atoms with Gasteiger partial charge in [-0.1, -0.05) is 17.7 Å². The predicted molar refractivity (Wildman–Crippen MR) is 84.0 cm³/mol. The fraction of sp³-hybridized carbons (Fsp3) is 0.250. The van der Waals surface area contributed by atoms with Gasteiger partial charge in [0.2, 0.25) is 0 Å². The summed E-state index contributed by atoms with van der Waals surface area (Å²) in [6.45, 7) is 1.30. The first-order valence-corrected chi connectivity index (χ1v) is 7.25. The van der Waals surface area contributed by atoms with Gasteiger partial charge in [0.1, 0.15) is 12.4 Å². The van der Waals surface area contributed by atoms with Crippen molar-refractivity contribution in [2.75, 3.05) is 6.54 Å². The fourth-order valence-electron chi connectivity index (χ4n) is 1.89. The molecule has 0 aliphatic rings. The maximum atomic E-state index is 10.5. The summed E-state index contributed by atoms with van der Waals surface area (Å²) in [5.74, 6) is -0.109. The standard InChI is InChI=1S/C16H17ClN2O3/c17-14-3-4-15(22-11-12-2-1-6-18-9-12)13(8-14)10-19-7-5-16(20)21/h1-4,6,8-9,19H,5,7,10-11H2,(H,20,21). The molecule has 0 fully saturated rings.